The highest BCUT2D eigenvalue weighted by Gasteiger charge is 2.29. The Kier molecular flexibility index (Phi) is 3.65. The Morgan fingerprint density at radius 3 is 2.40 bits per heavy atom. The average molecular weight is 331 g/mol. The molecule has 0 bridgehead atoms. The van der Waals surface area contributed by atoms with E-state index in [2.05, 4.69) is 0 Å². The molecule has 4 nitrogen and oxygen atoms in total. The molecule has 0 amide bonds. The predicted molar refractivity (Wildman–Crippen MR) is 97.4 cm³/mol. The number of nitrogens with zero attached hydrogens (tertiary/aromatic N) is 1. The maximum absolute atomic E-state index is 12.6. The number of anilines is 3. The van der Waals surface area contributed by atoms with Crippen molar-refractivity contribution in [3.63, 3.8) is 0 Å². The smallest absolute Gasteiger partial charge is 0.345 e. The second-order valence-corrected chi connectivity index (χ2v) is 5.89. The quantitative estimate of drug-likeness (QED) is 0.489. The van der Waals surface area contributed by atoms with Crippen LogP contribution in [0.1, 0.15) is 15.9 Å². The van der Waals surface area contributed by atoms with Gasteiger partial charge in [-0.05, 0) is 48.9 Å². The van der Waals surface area contributed by atoms with Crippen molar-refractivity contribution in [1.82, 2.24) is 0 Å². The van der Waals surface area contributed by atoms with Crippen LogP contribution < -0.4 is 14.4 Å². The van der Waals surface area contributed by atoms with E-state index in [1.807, 2.05) is 66.4 Å². The lowest BCUT2D eigenvalue weighted by Crippen LogP contribution is -2.13. The van der Waals surface area contributed by atoms with Gasteiger partial charge in [-0.25, -0.2) is 4.79 Å². The van der Waals surface area contributed by atoms with Crippen LogP contribution in [0.5, 0.6) is 11.5 Å². The van der Waals surface area contributed by atoms with E-state index in [4.69, 9.17) is 9.47 Å². The molecule has 0 saturated heterocycles. The number of hydrogen-bond acceptors (Lipinski definition) is 4. The summed E-state index contributed by atoms with van der Waals surface area (Å²) in [7, 11) is 1.65. The van der Waals surface area contributed by atoms with Gasteiger partial charge in [-0.2, -0.15) is 0 Å². The van der Waals surface area contributed by atoms with Gasteiger partial charge in [-0.3, -0.25) is 0 Å². The van der Waals surface area contributed by atoms with Crippen molar-refractivity contribution >= 4 is 23.0 Å². The molecule has 1 aliphatic heterocycles. The van der Waals surface area contributed by atoms with E-state index in [1.165, 1.54) is 0 Å². The lowest BCUT2D eigenvalue weighted by molar-refractivity contribution is 0.0738. The van der Waals surface area contributed by atoms with Crippen LogP contribution in [0, 0.1) is 6.92 Å². The molecule has 1 heterocycles. The van der Waals surface area contributed by atoms with Crippen molar-refractivity contribution in [2.24, 2.45) is 0 Å². The summed E-state index contributed by atoms with van der Waals surface area (Å²) >= 11 is 0. The Morgan fingerprint density at radius 1 is 0.880 bits per heavy atom. The standard InChI is InChI=1S/C21H17NO3/c1-14-11-12-18(20(13-14)24-2)22-16-8-4-3-7-15(16)21(23)25-19-10-6-5-9-17(19)22/h3-13H,1-2H3. The number of hydrogen-bond donors (Lipinski definition) is 0. The summed E-state index contributed by atoms with van der Waals surface area (Å²) in [5, 5.41) is 0. The van der Waals surface area contributed by atoms with Crippen LogP contribution in [-0.2, 0) is 0 Å². The molecular formula is C21H17NO3. The van der Waals surface area contributed by atoms with Crippen LogP contribution in [-0.4, -0.2) is 13.1 Å². The van der Waals surface area contributed by atoms with Crippen molar-refractivity contribution < 1.29 is 14.3 Å². The van der Waals surface area contributed by atoms with Crippen molar-refractivity contribution in [2.75, 3.05) is 12.0 Å². The Bertz CT molecular complexity index is 965. The molecule has 4 heteroatoms. The maximum atomic E-state index is 12.6. The molecule has 4 rings (SSSR count). The number of carbonyl (C=O) groups is 1. The topological polar surface area (TPSA) is 38.8 Å². The molecular weight excluding hydrogens is 314 g/mol. The summed E-state index contributed by atoms with van der Waals surface area (Å²) < 4.78 is 11.2. The van der Waals surface area contributed by atoms with Gasteiger partial charge in [0.15, 0.2) is 5.75 Å². The second kappa shape index (κ2) is 5.98. The van der Waals surface area contributed by atoms with Crippen LogP contribution in [0.15, 0.2) is 66.7 Å². The number of fused-ring (bicyclic) bond motifs is 2. The molecule has 0 radical (unpaired) electrons. The third kappa shape index (κ3) is 2.52. The fourth-order valence-electron chi connectivity index (χ4n) is 3.08. The normalized spacial score (nSPS) is 12.7. The SMILES string of the molecule is COc1cc(C)ccc1N1c2ccccc2OC(=O)c2ccccc21. The van der Waals surface area contributed by atoms with Crippen molar-refractivity contribution in [3.8, 4) is 11.5 Å². The first-order valence-electron chi connectivity index (χ1n) is 8.04. The molecule has 1 aliphatic rings. The van der Waals surface area contributed by atoms with E-state index in [0.29, 0.717) is 11.3 Å². The molecule has 3 aromatic rings. The van der Waals surface area contributed by atoms with E-state index < -0.39 is 0 Å². The highest BCUT2D eigenvalue weighted by Crippen LogP contribution is 2.47. The number of aryl methyl sites for hydroxylation is 1. The summed E-state index contributed by atoms with van der Waals surface area (Å²) in [4.78, 5) is 14.6. The molecule has 25 heavy (non-hydrogen) atoms. The highest BCUT2D eigenvalue weighted by molar-refractivity contribution is 6.03. The molecule has 3 aromatic carbocycles. The zero-order valence-electron chi connectivity index (χ0n) is 14.0. The molecule has 0 aliphatic carbocycles. The number of para-hydroxylation sites is 3. The predicted octanol–water partition coefficient (Wildman–Crippen LogP) is 5.01. The number of methoxy groups -OCH3 is 1. The fraction of sp³-hybridized carbons (Fsp3) is 0.0952. The minimum absolute atomic E-state index is 0.364. The fourth-order valence-corrected chi connectivity index (χ4v) is 3.08. The van der Waals surface area contributed by atoms with Crippen LogP contribution in [0.25, 0.3) is 0 Å². The monoisotopic (exact) mass is 331 g/mol. The number of rotatable bonds is 2. The van der Waals surface area contributed by atoms with Crippen molar-refractivity contribution in [2.45, 2.75) is 6.92 Å². The van der Waals surface area contributed by atoms with E-state index in [1.54, 1.807) is 19.2 Å². The minimum atomic E-state index is -0.364. The van der Waals surface area contributed by atoms with Crippen LogP contribution >= 0.6 is 0 Å². The third-order valence-corrected chi connectivity index (χ3v) is 4.25. The summed E-state index contributed by atoms with van der Waals surface area (Å²) in [5.41, 5.74) is 4.03. The van der Waals surface area contributed by atoms with E-state index in [9.17, 15) is 4.79 Å². The van der Waals surface area contributed by atoms with E-state index >= 15 is 0 Å². The van der Waals surface area contributed by atoms with Crippen molar-refractivity contribution in [3.05, 3.63) is 77.9 Å². The molecule has 0 aromatic heterocycles. The Balaban J connectivity index is 2.04. The zero-order chi connectivity index (χ0) is 17.4. The van der Waals surface area contributed by atoms with Gasteiger partial charge in [0, 0.05) is 0 Å². The van der Waals surface area contributed by atoms with E-state index in [0.717, 1.165) is 28.4 Å². The largest absolute Gasteiger partial charge is 0.495 e. The van der Waals surface area contributed by atoms with Gasteiger partial charge in [-0.1, -0.05) is 30.3 Å². The molecule has 0 saturated carbocycles. The van der Waals surface area contributed by atoms with Crippen LogP contribution in [0.3, 0.4) is 0 Å². The van der Waals surface area contributed by atoms with Crippen molar-refractivity contribution in [1.29, 1.82) is 0 Å². The number of esters is 1. The van der Waals surface area contributed by atoms with Gasteiger partial charge >= 0.3 is 5.97 Å². The molecule has 0 N–H and O–H groups in total. The Morgan fingerprint density at radius 2 is 1.60 bits per heavy atom. The Hall–Kier alpha value is -3.27. The summed E-state index contributed by atoms with van der Waals surface area (Å²) in [5.74, 6) is 0.891. The summed E-state index contributed by atoms with van der Waals surface area (Å²) in [6.07, 6.45) is 0. The lowest BCUT2D eigenvalue weighted by Gasteiger charge is -2.27. The minimum Gasteiger partial charge on any atom is -0.495 e. The lowest BCUT2D eigenvalue weighted by atomic mass is 10.1. The first-order valence-corrected chi connectivity index (χ1v) is 8.04. The van der Waals surface area contributed by atoms with E-state index in [-0.39, 0.29) is 5.97 Å². The molecule has 0 unspecified atom stereocenters. The number of ether oxygens (including phenoxy) is 2. The average Bonchev–Trinajstić information content (AvgIpc) is 2.76. The van der Waals surface area contributed by atoms with Gasteiger partial charge in [0.05, 0.1) is 29.7 Å². The van der Waals surface area contributed by atoms with Gasteiger partial charge in [0.25, 0.3) is 0 Å². The van der Waals surface area contributed by atoms with Crippen LogP contribution in [0.2, 0.25) is 0 Å². The number of carbonyl (C=O) groups excluding carboxylic acids is 1. The zero-order valence-corrected chi connectivity index (χ0v) is 14.0. The number of benzene rings is 3. The first-order chi connectivity index (χ1) is 12.2. The van der Waals surface area contributed by atoms with Gasteiger partial charge in [0.2, 0.25) is 0 Å². The van der Waals surface area contributed by atoms with Crippen LogP contribution in [0.4, 0.5) is 17.1 Å². The maximum Gasteiger partial charge on any atom is 0.345 e. The third-order valence-electron chi connectivity index (χ3n) is 4.25. The molecule has 0 atom stereocenters. The highest BCUT2D eigenvalue weighted by atomic mass is 16.5. The molecule has 124 valence electrons. The Labute approximate surface area is 146 Å². The van der Waals surface area contributed by atoms with Gasteiger partial charge < -0.3 is 14.4 Å². The first kappa shape index (κ1) is 15.3. The van der Waals surface area contributed by atoms with Gasteiger partial charge in [0.1, 0.15) is 5.75 Å². The molecule has 0 fully saturated rings. The summed E-state index contributed by atoms with van der Waals surface area (Å²) in [6.45, 7) is 2.02. The summed E-state index contributed by atoms with van der Waals surface area (Å²) in [6, 6.07) is 20.9. The molecule has 0 spiro atoms. The second-order valence-electron chi connectivity index (χ2n) is 5.89. The van der Waals surface area contributed by atoms with Gasteiger partial charge in [-0.15, -0.1) is 0 Å².